The zero-order chi connectivity index (χ0) is 15.9. The number of carbonyl (C=O) groups excluding carboxylic acids is 1. The number of benzene rings is 1. The number of thiazole rings is 1. The van der Waals surface area contributed by atoms with Crippen LogP contribution in [-0.2, 0) is 11.2 Å². The predicted octanol–water partition coefficient (Wildman–Crippen LogP) is 4.71. The molecule has 0 aliphatic heterocycles. The number of aryl methyl sites for hydroxylation is 1. The molecule has 1 aliphatic rings. The summed E-state index contributed by atoms with van der Waals surface area (Å²) in [5.74, 6) is 1.01. The molecule has 0 bridgehead atoms. The Bertz CT molecular complexity index is 598. The third kappa shape index (κ3) is 5.03. The van der Waals surface area contributed by atoms with Gasteiger partial charge < -0.3 is 5.32 Å². The largest absolute Gasteiger partial charge is 0.356 e. The minimum absolute atomic E-state index is 0.222. The number of nitrogens with one attached hydrogen (secondary N) is 1. The molecule has 1 amide bonds. The number of rotatable bonds is 7. The number of fused-ring (bicyclic) bond motifs is 1. The van der Waals surface area contributed by atoms with Gasteiger partial charge in [0.25, 0.3) is 0 Å². The highest BCUT2D eigenvalue weighted by Gasteiger charge is 2.14. The van der Waals surface area contributed by atoms with E-state index >= 15 is 0 Å². The lowest BCUT2D eigenvalue weighted by atomic mass is 9.86. The lowest BCUT2D eigenvalue weighted by Gasteiger charge is -2.20. The Morgan fingerprint density at radius 2 is 2.04 bits per heavy atom. The Morgan fingerprint density at radius 1 is 1.22 bits per heavy atom. The fourth-order valence-electron chi connectivity index (χ4n) is 3.39. The van der Waals surface area contributed by atoms with Gasteiger partial charge in [-0.2, -0.15) is 0 Å². The summed E-state index contributed by atoms with van der Waals surface area (Å²) >= 11 is 1.76. The van der Waals surface area contributed by atoms with Crippen LogP contribution in [0.15, 0.2) is 24.3 Å². The summed E-state index contributed by atoms with van der Waals surface area (Å²) < 4.78 is 1.25. The summed E-state index contributed by atoms with van der Waals surface area (Å²) in [6.45, 7) is 0.763. The molecule has 0 atom stereocenters. The van der Waals surface area contributed by atoms with E-state index in [1.165, 1.54) is 41.8 Å². The number of hydrogen-bond acceptors (Lipinski definition) is 3. The van der Waals surface area contributed by atoms with Gasteiger partial charge in [-0.15, -0.1) is 11.3 Å². The minimum Gasteiger partial charge on any atom is -0.356 e. The molecule has 1 aliphatic carbocycles. The molecule has 124 valence electrons. The van der Waals surface area contributed by atoms with E-state index in [1.54, 1.807) is 11.3 Å². The molecule has 4 heteroatoms. The predicted molar refractivity (Wildman–Crippen MR) is 96.8 cm³/mol. The first-order valence-corrected chi connectivity index (χ1v) is 9.74. The van der Waals surface area contributed by atoms with Crippen molar-refractivity contribution in [3.63, 3.8) is 0 Å². The van der Waals surface area contributed by atoms with E-state index in [0.717, 1.165) is 37.2 Å². The van der Waals surface area contributed by atoms with Gasteiger partial charge in [0, 0.05) is 19.4 Å². The Kier molecular flexibility index (Phi) is 6.03. The molecule has 1 heterocycles. The number of aromatic nitrogens is 1. The topological polar surface area (TPSA) is 42.0 Å². The smallest absolute Gasteiger partial charge is 0.220 e. The molecular weight excluding hydrogens is 304 g/mol. The zero-order valence-corrected chi connectivity index (χ0v) is 14.5. The first-order chi connectivity index (χ1) is 11.3. The van der Waals surface area contributed by atoms with Crippen molar-refractivity contribution in [2.75, 3.05) is 6.54 Å². The van der Waals surface area contributed by atoms with Crippen molar-refractivity contribution in [2.24, 2.45) is 5.92 Å². The number of carbonyl (C=O) groups is 1. The van der Waals surface area contributed by atoms with E-state index in [4.69, 9.17) is 0 Å². The number of hydrogen-bond donors (Lipinski definition) is 1. The lowest BCUT2D eigenvalue weighted by Crippen LogP contribution is -2.25. The molecule has 3 rings (SSSR count). The summed E-state index contributed by atoms with van der Waals surface area (Å²) in [4.78, 5) is 16.5. The first kappa shape index (κ1) is 16.4. The molecule has 0 radical (unpaired) electrons. The third-order valence-corrected chi connectivity index (χ3v) is 5.83. The highest BCUT2D eigenvalue weighted by atomic mass is 32.1. The SMILES string of the molecule is O=C(CCC1CCCCC1)NCCCc1nc2ccccc2s1. The van der Waals surface area contributed by atoms with Gasteiger partial charge in [-0.1, -0.05) is 44.2 Å². The van der Waals surface area contributed by atoms with Crippen LogP contribution in [0.1, 0.15) is 56.4 Å². The van der Waals surface area contributed by atoms with Gasteiger partial charge in [-0.25, -0.2) is 4.98 Å². The van der Waals surface area contributed by atoms with Crippen molar-refractivity contribution in [2.45, 2.75) is 57.8 Å². The van der Waals surface area contributed by atoms with Crippen LogP contribution in [0.3, 0.4) is 0 Å². The molecule has 0 spiro atoms. The van der Waals surface area contributed by atoms with Crippen LogP contribution in [0, 0.1) is 5.92 Å². The Labute approximate surface area is 142 Å². The Balaban J connectivity index is 1.32. The molecule has 23 heavy (non-hydrogen) atoms. The number of amides is 1. The first-order valence-electron chi connectivity index (χ1n) is 8.92. The van der Waals surface area contributed by atoms with Crippen LogP contribution in [-0.4, -0.2) is 17.4 Å². The monoisotopic (exact) mass is 330 g/mol. The van der Waals surface area contributed by atoms with Crippen molar-refractivity contribution in [1.29, 1.82) is 0 Å². The molecule has 1 aromatic heterocycles. The Morgan fingerprint density at radius 3 is 2.87 bits per heavy atom. The summed E-state index contributed by atoms with van der Waals surface area (Å²) in [6, 6.07) is 8.25. The fraction of sp³-hybridized carbons (Fsp3) is 0.579. The van der Waals surface area contributed by atoms with Gasteiger partial charge in [0.15, 0.2) is 0 Å². The molecule has 2 aromatic rings. The molecule has 1 fully saturated rings. The molecule has 1 saturated carbocycles. The number of nitrogens with zero attached hydrogens (tertiary/aromatic N) is 1. The van der Waals surface area contributed by atoms with Crippen molar-refractivity contribution in [3.05, 3.63) is 29.3 Å². The zero-order valence-electron chi connectivity index (χ0n) is 13.7. The summed E-state index contributed by atoms with van der Waals surface area (Å²) in [5, 5.41) is 4.23. The standard InChI is InChI=1S/C19H26N2OS/c22-18(13-12-15-7-2-1-3-8-15)20-14-6-11-19-21-16-9-4-5-10-17(16)23-19/h4-5,9-10,15H,1-3,6-8,11-14H2,(H,20,22). The molecule has 0 saturated heterocycles. The molecule has 0 unspecified atom stereocenters. The summed E-state index contributed by atoms with van der Waals surface area (Å²) in [5.41, 5.74) is 1.09. The minimum atomic E-state index is 0.222. The van der Waals surface area contributed by atoms with E-state index in [2.05, 4.69) is 28.5 Å². The van der Waals surface area contributed by atoms with Crippen LogP contribution >= 0.6 is 11.3 Å². The number of para-hydroxylation sites is 1. The maximum absolute atomic E-state index is 11.9. The van der Waals surface area contributed by atoms with Crippen LogP contribution in [0.25, 0.3) is 10.2 Å². The van der Waals surface area contributed by atoms with Gasteiger partial charge in [0.05, 0.1) is 15.2 Å². The molecule has 1 N–H and O–H groups in total. The van der Waals surface area contributed by atoms with E-state index in [0.29, 0.717) is 6.42 Å². The Hall–Kier alpha value is -1.42. The fourth-order valence-corrected chi connectivity index (χ4v) is 4.40. The molecule has 1 aromatic carbocycles. The van der Waals surface area contributed by atoms with Gasteiger partial charge in [0.1, 0.15) is 0 Å². The van der Waals surface area contributed by atoms with Crippen molar-refractivity contribution in [1.82, 2.24) is 10.3 Å². The van der Waals surface area contributed by atoms with Gasteiger partial charge in [-0.3, -0.25) is 4.79 Å². The second kappa shape index (κ2) is 8.44. The maximum Gasteiger partial charge on any atom is 0.220 e. The maximum atomic E-state index is 11.9. The quantitative estimate of drug-likeness (QED) is 0.747. The average Bonchev–Trinajstić information content (AvgIpc) is 3.00. The van der Waals surface area contributed by atoms with Gasteiger partial charge >= 0.3 is 0 Å². The third-order valence-electron chi connectivity index (χ3n) is 4.73. The van der Waals surface area contributed by atoms with Crippen molar-refractivity contribution < 1.29 is 4.79 Å². The molecule has 3 nitrogen and oxygen atoms in total. The lowest BCUT2D eigenvalue weighted by molar-refractivity contribution is -0.121. The van der Waals surface area contributed by atoms with E-state index in [-0.39, 0.29) is 5.91 Å². The average molecular weight is 330 g/mol. The second-order valence-corrected chi connectivity index (χ2v) is 7.69. The summed E-state index contributed by atoms with van der Waals surface area (Å²) in [6.07, 6.45) is 10.4. The van der Waals surface area contributed by atoms with Crippen molar-refractivity contribution >= 4 is 27.5 Å². The normalized spacial score (nSPS) is 15.8. The molecular formula is C19H26N2OS. The van der Waals surface area contributed by atoms with Crippen molar-refractivity contribution in [3.8, 4) is 0 Å². The highest BCUT2D eigenvalue weighted by Crippen LogP contribution is 2.27. The van der Waals surface area contributed by atoms with E-state index < -0.39 is 0 Å². The van der Waals surface area contributed by atoms with Gasteiger partial charge in [-0.05, 0) is 30.9 Å². The van der Waals surface area contributed by atoms with Gasteiger partial charge in [0.2, 0.25) is 5.91 Å². The van der Waals surface area contributed by atoms with E-state index in [9.17, 15) is 4.79 Å². The second-order valence-electron chi connectivity index (χ2n) is 6.57. The van der Waals surface area contributed by atoms with Crippen LogP contribution in [0.5, 0.6) is 0 Å². The van der Waals surface area contributed by atoms with Crippen LogP contribution < -0.4 is 5.32 Å². The van der Waals surface area contributed by atoms with E-state index in [1.807, 2.05) is 6.07 Å². The highest BCUT2D eigenvalue weighted by molar-refractivity contribution is 7.18. The van der Waals surface area contributed by atoms with Crippen LogP contribution in [0.2, 0.25) is 0 Å². The van der Waals surface area contributed by atoms with Crippen LogP contribution in [0.4, 0.5) is 0 Å². The summed E-state index contributed by atoms with van der Waals surface area (Å²) in [7, 11) is 0.